The van der Waals surface area contributed by atoms with Gasteiger partial charge in [-0.1, -0.05) is 46.6 Å². The summed E-state index contributed by atoms with van der Waals surface area (Å²) >= 11 is 0. The molecule has 108 valence electrons. The molecule has 1 fully saturated rings. The van der Waals surface area contributed by atoms with Gasteiger partial charge in [-0.15, -0.1) is 6.58 Å². The van der Waals surface area contributed by atoms with Crippen molar-refractivity contribution in [2.75, 3.05) is 6.54 Å². The third-order valence-electron chi connectivity index (χ3n) is 4.17. The smallest absolute Gasteiger partial charge is 0.246 e. The quantitative estimate of drug-likeness (QED) is 0.747. The van der Waals surface area contributed by atoms with Crippen LogP contribution in [0.4, 0.5) is 0 Å². The summed E-state index contributed by atoms with van der Waals surface area (Å²) in [5.74, 6) is 0.309. The number of rotatable bonds is 6. The third-order valence-corrected chi connectivity index (χ3v) is 4.17. The zero-order chi connectivity index (χ0) is 14.6. The van der Waals surface area contributed by atoms with Crippen molar-refractivity contribution in [1.82, 2.24) is 10.2 Å². The first-order valence-corrected chi connectivity index (χ1v) is 7.19. The molecule has 1 aliphatic heterocycles. The zero-order valence-electron chi connectivity index (χ0n) is 12.5. The van der Waals surface area contributed by atoms with Crippen molar-refractivity contribution in [3.63, 3.8) is 0 Å². The van der Waals surface area contributed by atoms with E-state index in [-0.39, 0.29) is 29.7 Å². The van der Waals surface area contributed by atoms with Crippen LogP contribution in [0.5, 0.6) is 0 Å². The van der Waals surface area contributed by atoms with E-state index in [1.54, 1.807) is 11.0 Å². The molecule has 0 radical (unpaired) electrons. The highest BCUT2D eigenvalue weighted by molar-refractivity contribution is 5.97. The Hall–Kier alpha value is -1.32. The van der Waals surface area contributed by atoms with E-state index in [1.165, 1.54) is 0 Å². The lowest BCUT2D eigenvalue weighted by Crippen LogP contribution is -2.66. The van der Waals surface area contributed by atoms with E-state index in [0.29, 0.717) is 6.54 Å². The SMILES string of the molecule is C=CCN1C(=O)C(C(C)CC)NC(=O)C1C(C)CC. The molecule has 0 saturated carbocycles. The number of carbonyl (C=O) groups excluding carboxylic acids is 2. The van der Waals surface area contributed by atoms with Crippen molar-refractivity contribution in [2.45, 2.75) is 52.6 Å². The summed E-state index contributed by atoms with van der Waals surface area (Å²) in [6, 6.07) is -0.756. The first kappa shape index (κ1) is 15.7. The van der Waals surface area contributed by atoms with Crippen molar-refractivity contribution in [2.24, 2.45) is 11.8 Å². The number of hydrogen-bond acceptors (Lipinski definition) is 2. The highest BCUT2D eigenvalue weighted by atomic mass is 16.2. The van der Waals surface area contributed by atoms with Crippen molar-refractivity contribution in [3.8, 4) is 0 Å². The molecule has 0 aromatic heterocycles. The first-order valence-electron chi connectivity index (χ1n) is 7.19. The van der Waals surface area contributed by atoms with Gasteiger partial charge in [-0.25, -0.2) is 0 Å². The monoisotopic (exact) mass is 266 g/mol. The van der Waals surface area contributed by atoms with E-state index in [0.717, 1.165) is 12.8 Å². The molecule has 0 aliphatic carbocycles. The van der Waals surface area contributed by atoms with Gasteiger partial charge in [-0.3, -0.25) is 9.59 Å². The van der Waals surface area contributed by atoms with Gasteiger partial charge in [0.15, 0.2) is 0 Å². The Morgan fingerprint density at radius 1 is 1.26 bits per heavy atom. The lowest BCUT2D eigenvalue weighted by atomic mass is 9.89. The molecule has 1 saturated heterocycles. The fraction of sp³-hybridized carbons (Fsp3) is 0.733. The maximum absolute atomic E-state index is 12.6. The van der Waals surface area contributed by atoms with E-state index in [2.05, 4.69) is 11.9 Å². The largest absolute Gasteiger partial charge is 0.342 e. The average molecular weight is 266 g/mol. The Kier molecular flexibility index (Phi) is 5.58. The topological polar surface area (TPSA) is 49.4 Å². The summed E-state index contributed by atoms with van der Waals surface area (Å²) in [6.07, 6.45) is 3.43. The van der Waals surface area contributed by atoms with Gasteiger partial charge in [0.2, 0.25) is 11.8 Å². The Morgan fingerprint density at radius 2 is 1.84 bits per heavy atom. The summed E-state index contributed by atoms with van der Waals surface area (Å²) in [6.45, 7) is 12.2. The Morgan fingerprint density at radius 3 is 2.32 bits per heavy atom. The van der Waals surface area contributed by atoms with Crippen LogP contribution in [0.15, 0.2) is 12.7 Å². The average Bonchev–Trinajstić information content (AvgIpc) is 2.41. The van der Waals surface area contributed by atoms with Crippen LogP contribution in [0.25, 0.3) is 0 Å². The minimum Gasteiger partial charge on any atom is -0.342 e. The number of nitrogens with one attached hydrogen (secondary N) is 1. The lowest BCUT2D eigenvalue weighted by molar-refractivity contribution is -0.152. The number of hydrogen-bond donors (Lipinski definition) is 1. The van der Waals surface area contributed by atoms with Crippen LogP contribution in [0.2, 0.25) is 0 Å². The molecule has 2 amide bonds. The molecular weight excluding hydrogens is 240 g/mol. The highest BCUT2D eigenvalue weighted by Crippen LogP contribution is 2.23. The van der Waals surface area contributed by atoms with Gasteiger partial charge in [0, 0.05) is 6.54 Å². The van der Waals surface area contributed by atoms with Gasteiger partial charge in [-0.05, 0) is 11.8 Å². The van der Waals surface area contributed by atoms with E-state index in [4.69, 9.17) is 0 Å². The fourth-order valence-electron chi connectivity index (χ4n) is 2.51. The second-order valence-electron chi connectivity index (χ2n) is 5.48. The standard InChI is InChI=1S/C15H26N2O2/c1-6-9-17-13(11(5)8-3)14(18)16-12(15(17)19)10(4)7-2/h6,10-13H,1,7-9H2,2-5H3,(H,16,18). The van der Waals surface area contributed by atoms with Crippen LogP contribution in [0.3, 0.4) is 0 Å². The van der Waals surface area contributed by atoms with E-state index in [9.17, 15) is 9.59 Å². The summed E-state index contributed by atoms with van der Waals surface area (Å²) < 4.78 is 0. The van der Waals surface area contributed by atoms with Crippen LogP contribution >= 0.6 is 0 Å². The third kappa shape index (κ3) is 3.17. The number of amides is 2. The number of carbonyl (C=O) groups is 2. The Balaban J connectivity index is 3.02. The summed E-state index contributed by atoms with van der Waals surface area (Å²) in [4.78, 5) is 26.6. The molecule has 1 N–H and O–H groups in total. The maximum atomic E-state index is 12.6. The van der Waals surface area contributed by atoms with Crippen LogP contribution in [-0.2, 0) is 9.59 Å². The lowest BCUT2D eigenvalue weighted by Gasteiger charge is -2.42. The number of piperazine rings is 1. The van der Waals surface area contributed by atoms with E-state index >= 15 is 0 Å². The van der Waals surface area contributed by atoms with Gasteiger partial charge >= 0.3 is 0 Å². The van der Waals surface area contributed by atoms with Crippen molar-refractivity contribution >= 4 is 11.8 Å². The predicted octanol–water partition coefficient (Wildman–Crippen LogP) is 1.96. The molecule has 4 unspecified atom stereocenters. The number of nitrogens with zero attached hydrogens (tertiary/aromatic N) is 1. The maximum Gasteiger partial charge on any atom is 0.246 e. The van der Waals surface area contributed by atoms with Crippen molar-refractivity contribution in [1.29, 1.82) is 0 Å². The zero-order valence-corrected chi connectivity index (χ0v) is 12.5. The highest BCUT2D eigenvalue weighted by Gasteiger charge is 2.43. The molecular formula is C15H26N2O2. The summed E-state index contributed by atoms with van der Waals surface area (Å²) in [5, 5.41) is 2.91. The molecule has 0 aromatic carbocycles. The molecule has 4 heteroatoms. The molecule has 0 aromatic rings. The second-order valence-corrected chi connectivity index (χ2v) is 5.48. The van der Waals surface area contributed by atoms with Gasteiger partial charge < -0.3 is 10.2 Å². The van der Waals surface area contributed by atoms with E-state index in [1.807, 2.05) is 27.7 Å². The molecule has 0 spiro atoms. The Labute approximate surface area is 116 Å². The first-order chi connectivity index (χ1) is 8.97. The van der Waals surface area contributed by atoms with Crippen LogP contribution in [-0.4, -0.2) is 35.3 Å². The van der Waals surface area contributed by atoms with Crippen molar-refractivity contribution < 1.29 is 9.59 Å². The van der Waals surface area contributed by atoms with Crippen LogP contribution in [0, 0.1) is 11.8 Å². The molecule has 1 rings (SSSR count). The minimum atomic E-state index is -0.391. The van der Waals surface area contributed by atoms with Gasteiger partial charge in [-0.2, -0.15) is 0 Å². The molecule has 0 bridgehead atoms. The summed E-state index contributed by atoms with van der Waals surface area (Å²) in [7, 11) is 0. The van der Waals surface area contributed by atoms with E-state index < -0.39 is 6.04 Å². The molecule has 4 atom stereocenters. The molecule has 4 nitrogen and oxygen atoms in total. The van der Waals surface area contributed by atoms with Crippen molar-refractivity contribution in [3.05, 3.63) is 12.7 Å². The fourth-order valence-corrected chi connectivity index (χ4v) is 2.51. The van der Waals surface area contributed by atoms with Gasteiger partial charge in [0.05, 0.1) is 0 Å². The predicted molar refractivity (Wildman–Crippen MR) is 76.5 cm³/mol. The van der Waals surface area contributed by atoms with Crippen LogP contribution in [0.1, 0.15) is 40.5 Å². The normalized spacial score (nSPS) is 26.8. The van der Waals surface area contributed by atoms with Gasteiger partial charge in [0.25, 0.3) is 0 Å². The molecule has 1 aliphatic rings. The Bertz CT molecular complexity index is 354. The molecule has 19 heavy (non-hydrogen) atoms. The molecule has 1 heterocycles. The second kappa shape index (κ2) is 6.73. The minimum absolute atomic E-state index is 0.0268. The summed E-state index contributed by atoms with van der Waals surface area (Å²) in [5.41, 5.74) is 0. The van der Waals surface area contributed by atoms with Gasteiger partial charge in [0.1, 0.15) is 12.1 Å². The van der Waals surface area contributed by atoms with Crippen LogP contribution < -0.4 is 5.32 Å².